The van der Waals surface area contributed by atoms with Crippen molar-refractivity contribution in [2.24, 2.45) is 0 Å². The largest absolute Gasteiger partial charge is 2.00 e. The summed E-state index contributed by atoms with van der Waals surface area (Å²) in [5.41, 5.74) is -0.110. The van der Waals surface area contributed by atoms with Gasteiger partial charge >= 0.3 is 23.1 Å². The van der Waals surface area contributed by atoms with Gasteiger partial charge in [-0.3, -0.25) is 0 Å². The summed E-state index contributed by atoms with van der Waals surface area (Å²) in [7, 11) is 0. The number of hydrogen-bond donors (Lipinski definition) is 0. The third-order valence-electron chi connectivity index (χ3n) is 1.11. The predicted molar refractivity (Wildman–Crippen MR) is 51.4 cm³/mol. The van der Waals surface area contributed by atoms with Gasteiger partial charge in [0, 0.05) is 5.75 Å². The van der Waals surface area contributed by atoms with E-state index in [9.17, 15) is 0 Å². The maximum absolute atomic E-state index is 5.58. The number of rotatable bonds is 1. The van der Waals surface area contributed by atoms with Crippen LogP contribution in [0.5, 0.6) is 5.75 Å². The van der Waals surface area contributed by atoms with Gasteiger partial charge in [-0.1, -0.05) is 0 Å². The van der Waals surface area contributed by atoms with E-state index in [0.29, 0.717) is 0 Å². The first kappa shape index (κ1) is 15.5. The summed E-state index contributed by atoms with van der Waals surface area (Å²) in [6.45, 7) is 6.09. The van der Waals surface area contributed by atoms with Crippen molar-refractivity contribution >= 4 is 23.1 Å². The van der Waals surface area contributed by atoms with Gasteiger partial charge in [0.2, 0.25) is 0 Å². The van der Waals surface area contributed by atoms with E-state index in [-0.39, 0.29) is 41.1 Å². The smallest absolute Gasteiger partial charge is 1.00 e. The molecule has 0 N–H and O–H groups in total. The second kappa shape index (κ2) is 6.52. The number of ether oxygens (including phenoxy) is 1. The molecule has 0 amide bonds. The molecule has 3 heteroatoms. The Labute approximate surface area is 102 Å². The molecule has 1 nitrogen and oxygen atoms in total. The van der Waals surface area contributed by atoms with Crippen molar-refractivity contribution in [3.05, 3.63) is 30.3 Å². The Morgan fingerprint density at radius 3 is 2.00 bits per heavy atom. The van der Waals surface area contributed by atoms with Gasteiger partial charge in [0.05, 0.1) is 5.60 Å². The van der Waals surface area contributed by atoms with Crippen LogP contribution in [-0.2, 0) is 0 Å². The van der Waals surface area contributed by atoms with Crippen LogP contribution in [0, 0.1) is 6.07 Å². The molecule has 13 heavy (non-hydrogen) atoms. The van der Waals surface area contributed by atoms with Gasteiger partial charge in [0.1, 0.15) is 0 Å². The van der Waals surface area contributed by atoms with Crippen molar-refractivity contribution in [1.29, 1.82) is 0 Å². The van der Waals surface area contributed by atoms with Crippen LogP contribution in [0.2, 0.25) is 0 Å². The van der Waals surface area contributed by atoms with E-state index < -0.39 is 0 Å². The van der Waals surface area contributed by atoms with Crippen LogP contribution < -0.4 is 17.1 Å². The molecule has 0 saturated carbocycles. The fourth-order valence-corrected chi connectivity index (χ4v) is 0.793. The van der Waals surface area contributed by atoms with Gasteiger partial charge < -0.3 is 17.1 Å². The van der Waals surface area contributed by atoms with Crippen molar-refractivity contribution in [3.8, 4) is 5.75 Å². The minimum atomic E-state index is -0.110. The first-order chi connectivity index (χ1) is 5.08. The van der Waals surface area contributed by atoms with Crippen molar-refractivity contribution in [1.82, 2.24) is 0 Å². The van der Waals surface area contributed by atoms with Crippen LogP contribution in [0.25, 0.3) is 0 Å². The van der Waals surface area contributed by atoms with E-state index in [1.807, 2.05) is 45.0 Å². The molecule has 1 aromatic carbocycles. The number of benzene rings is 1. The molecule has 1 rings (SSSR count). The molecule has 68 valence electrons. The third kappa shape index (κ3) is 7.17. The average molecular weight is 209 g/mol. The SMILES string of the molecule is CC(C)(C)Oc1cc[c-]cc1.[Cl-].[Mg+2]. The molecular weight excluding hydrogens is 196 g/mol. The molecule has 0 radical (unpaired) electrons. The molecule has 1 aromatic rings. The van der Waals surface area contributed by atoms with Crippen LogP contribution >= 0.6 is 0 Å². The zero-order chi connectivity index (χ0) is 8.32. The molecule has 0 bridgehead atoms. The Bertz CT molecular complexity index is 218. The van der Waals surface area contributed by atoms with Crippen molar-refractivity contribution in [2.45, 2.75) is 26.4 Å². The van der Waals surface area contributed by atoms with Gasteiger partial charge in [-0.25, -0.2) is 0 Å². The maximum atomic E-state index is 5.58. The Hall–Kier alpha value is 0.0762. The minimum Gasteiger partial charge on any atom is -1.00 e. The third-order valence-corrected chi connectivity index (χ3v) is 1.11. The second-order valence-electron chi connectivity index (χ2n) is 3.45. The molecule has 0 aliphatic heterocycles. The van der Waals surface area contributed by atoms with Crippen molar-refractivity contribution in [2.75, 3.05) is 0 Å². The van der Waals surface area contributed by atoms with E-state index in [2.05, 4.69) is 6.07 Å². The molecule has 0 saturated heterocycles. The van der Waals surface area contributed by atoms with Crippen molar-refractivity contribution in [3.63, 3.8) is 0 Å². The van der Waals surface area contributed by atoms with E-state index in [0.717, 1.165) is 5.75 Å². The monoisotopic (exact) mass is 208 g/mol. The van der Waals surface area contributed by atoms with E-state index >= 15 is 0 Å². The molecule has 0 spiro atoms. The summed E-state index contributed by atoms with van der Waals surface area (Å²) in [5.74, 6) is 0.899. The van der Waals surface area contributed by atoms with Gasteiger partial charge in [-0.2, -0.15) is 18.2 Å². The van der Waals surface area contributed by atoms with Crippen LogP contribution in [0.1, 0.15) is 20.8 Å². The minimum absolute atomic E-state index is 0. The standard InChI is InChI=1S/C10H13O.ClH.Mg/c1-10(2,3)11-9-7-5-4-6-8-9;;/h5-8H,1-3H3;1H;/q-1;;+2/p-1. The van der Waals surface area contributed by atoms with Crippen LogP contribution in [0.15, 0.2) is 24.3 Å². The van der Waals surface area contributed by atoms with Crippen molar-refractivity contribution < 1.29 is 17.1 Å². The Balaban J connectivity index is 0. The maximum Gasteiger partial charge on any atom is 2.00 e. The van der Waals surface area contributed by atoms with Crippen LogP contribution in [0.4, 0.5) is 0 Å². The molecule has 0 heterocycles. The first-order valence-corrected chi connectivity index (χ1v) is 3.73. The summed E-state index contributed by atoms with van der Waals surface area (Å²) in [5, 5.41) is 0. The predicted octanol–water partition coefficient (Wildman–Crippen LogP) is -0.713. The summed E-state index contributed by atoms with van der Waals surface area (Å²) in [4.78, 5) is 0. The summed E-state index contributed by atoms with van der Waals surface area (Å²) in [6, 6.07) is 10.5. The summed E-state index contributed by atoms with van der Waals surface area (Å²) in [6.07, 6.45) is 0. The fourth-order valence-electron chi connectivity index (χ4n) is 0.793. The van der Waals surface area contributed by atoms with Gasteiger partial charge in [-0.05, 0) is 20.8 Å². The summed E-state index contributed by atoms with van der Waals surface area (Å²) >= 11 is 0. The topological polar surface area (TPSA) is 9.23 Å². The van der Waals surface area contributed by atoms with Crippen LogP contribution in [0.3, 0.4) is 0 Å². The normalized spacial score (nSPS) is 9.46. The fraction of sp³-hybridized carbons (Fsp3) is 0.400. The molecule has 0 aromatic heterocycles. The molecule has 0 unspecified atom stereocenters. The van der Waals surface area contributed by atoms with E-state index in [1.54, 1.807) is 0 Å². The van der Waals surface area contributed by atoms with E-state index in [1.165, 1.54) is 0 Å². The quantitative estimate of drug-likeness (QED) is 0.438. The average Bonchev–Trinajstić information content (AvgIpc) is 1.85. The zero-order valence-corrected chi connectivity index (χ0v) is 10.5. The van der Waals surface area contributed by atoms with Crippen LogP contribution in [-0.4, -0.2) is 28.7 Å². The molecule has 0 fully saturated rings. The van der Waals surface area contributed by atoms with Gasteiger partial charge in [0.15, 0.2) is 0 Å². The van der Waals surface area contributed by atoms with Gasteiger partial charge in [0.25, 0.3) is 0 Å². The summed E-state index contributed by atoms with van der Waals surface area (Å²) < 4.78 is 5.58. The van der Waals surface area contributed by atoms with Gasteiger partial charge in [-0.15, -0.1) is 12.1 Å². The Kier molecular flexibility index (Phi) is 7.79. The van der Waals surface area contributed by atoms with E-state index in [4.69, 9.17) is 4.74 Å². The molecule has 0 atom stereocenters. The number of halogens is 1. The Morgan fingerprint density at radius 1 is 1.15 bits per heavy atom. The molecular formula is C10H13ClMgO. The first-order valence-electron chi connectivity index (χ1n) is 3.73. The molecule has 0 aliphatic carbocycles. The zero-order valence-electron chi connectivity index (χ0n) is 8.30. The Morgan fingerprint density at radius 2 is 1.62 bits per heavy atom. The number of hydrogen-bond acceptors (Lipinski definition) is 1. The molecule has 0 aliphatic rings. The second-order valence-corrected chi connectivity index (χ2v) is 3.45.